The Labute approximate surface area is 101 Å². The van der Waals surface area contributed by atoms with Crippen LogP contribution in [0.25, 0.3) is 0 Å². The lowest BCUT2D eigenvalue weighted by Gasteiger charge is -2.27. The third-order valence-corrected chi connectivity index (χ3v) is 4.40. The first-order chi connectivity index (χ1) is 8.06. The number of ether oxygens (including phenoxy) is 2. The van der Waals surface area contributed by atoms with Gasteiger partial charge in [0.2, 0.25) is 0 Å². The molecule has 1 heterocycles. The van der Waals surface area contributed by atoms with Gasteiger partial charge in [0.25, 0.3) is 10.1 Å². The summed E-state index contributed by atoms with van der Waals surface area (Å²) in [5.74, 6) is 0.504. The second kappa shape index (κ2) is 4.05. The van der Waals surface area contributed by atoms with Crippen LogP contribution in [0.3, 0.4) is 0 Å². The first kappa shape index (κ1) is 11.6. The molecule has 0 N–H and O–H groups in total. The molecule has 96 valence electrons. The molecule has 0 aromatic carbocycles. The van der Waals surface area contributed by atoms with Crippen LogP contribution in [0.2, 0.25) is 0 Å². The van der Waals surface area contributed by atoms with Crippen molar-refractivity contribution in [1.29, 1.82) is 0 Å². The minimum absolute atomic E-state index is 0.0169. The molecule has 2 fully saturated rings. The summed E-state index contributed by atoms with van der Waals surface area (Å²) in [7, 11) is -3.46. The summed E-state index contributed by atoms with van der Waals surface area (Å²) in [6.45, 7) is 0.242. The molecule has 2 aliphatic carbocycles. The topological polar surface area (TPSA) is 61.8 Å². The van der Waals surface area contributed by atoms with Crippen molar-refractivity contribution < 1.29 is 22.1 Å². The fourth-order valence-electron chi connectivity index (χ4n) is 3.22. The lowest BCUT2D eigenvalue weighted by atomic mass is 9.84. The van der Waals surface area contributed by atoms with Crippen molar-refractivity contribution in [3.8, 4) is 0 Å². The van der Waals surface area contributed by atoms with Gasteiger partial charge in [0.1, 0.15) is 19.0 Å². The van der Waals surface area contributed by atoms with Crippen LogP contribution in [-0.4, -0.2) is 39.8 Å². The fraction of sp³-hybridized carbons (Fsp3) is 0.818. The highest BCUT2D eigenvalue weighted by molar-refractivity contribution is 7.86. The van der Waals surface area contributed by atoms with Gasteiger partial charge in [-0.3, -0.25) is 4.18 Å². The SMILES string of the molecule is CS(=O)(=O)OC1C2CC=CCC2C2OCOC21. The van der Waals surface area contributed by atoms with Crippen molar-refractivity contribution in [1.82, 2.24) is 0 Å². The van der Waals surface area contributed by atoms with Gasteiger partial charge < -0.3 is 9.47 Å². The van der Waals surface area contributed by atoms with E-state index in [1.165, 1.54) is 0 Å². The van der Waals surface area contributed by atoms with E-state index in [1.807, 2.05) is 0 Å². The van der Waals surface area contributed by atoms with Crippen molar-refractivity contribution >= 4 is 10.1 Å². The monoisotopic (exact) mass is 260 g/mol. The summed E-state index contributed by atoms with van der Waals surface area (Å²) < 4.78 is 38.9. The van der Waals surface area contributed by atoms with Gasteiger partial charge in [-0.2, -0.15) is 8.42 Å². The highest BCUT2D eigenvalue weighted by Gasteiger charge is 2.55. The van der Waals surface area contributed by atoms with E-state index in [9.17, 15) is 8.42 Å². The zero-order valence-corrected chi connectivity index (χ0v) is 10.4. The van der Waals surface area contributed by atoms with Crippen LogP contribution in [0, 0.1) is 11.8 Å². The lowest BCUT2D eigenvalue weighted by Crippen LogP contribution is -2.34. The van der Waals surface area contributed by atoms with Crippen molar-refractivity contribution in [2.24, 2.45) is 11.8 Å². The van der Waals surface area contributed by atoms with Crippen LogP contribution in [0.15, 0.2) is 12.2 Å². The highest BCUT2D eigenvalue weighted by Crippen LogP contribution is 2.46. The number of allylic oxidation sites excluding steroid dienone is 2. The maximum Gasteiger partial charge on any atom is 0.264 e. The Morgan fingerprint density at radius 2 is 1.76 bits per heavy atom. The normalized spacial score (nSPS) is 44.6. The van der Waals surface area contributed by atoms with Crippen molar-refractivity contribution in [3.63, 3.8) is 0 Å². The van der Waals surface area contributed by atoms with E-state index in [0.29, 0.717) is 5.92 Å². The molecule has 0 aromatic rings. The quantitative estimate of drug-likeness (QED) is 0.539. The van der Waals surface area contributed by atoms with Crippen molar-refractivity contribution in [2.75, 3.05) is 13.0 Å². The molecule has 17 heavy (non-hydrogen) atoms. The maximum atomic E-state index is 11.3. The fourth-order valence-corrected chi connectivity index (χ4v) is 3.87. The standard InChI is InChI=1S/C11H16O5S/c1-17(12,13)16-10-8-5-3-2-4-7(8)9-11(10)15-6-14-9/h2-3,7-11H,4-6H2,1H3. The van der Waals surface area contributed by atoms with Crippen LogP contribution >= 0.6 is 0 Å². The van der Waals surface area contributed by atoms with E-state index in [1.54, 1.807) is 0 Å². The molecule has 1 saturated carbocycles. The number of rotatable bonds is 2. The number of hydrogen-bond donors (Lipinski definition) is 0. The summed E-state index contributed by atoms with van der Waals surface area (Å²) in [6.07, 6.45) is 6.40. The average molecular weight is 260 g/mol. The summed E-state index contributed by atoms with van der Waals surface area (Å²) in [4.78, 5) is 0. The van der Waals surface area contributed by atoms with Crippen LogP contribution in [0.5, 0.6) is 0 Å². The molecule has 5 unspecified atom stereocenters. The molecule has 0 bridgehead atoms. The third-order valence-electron chi connectivity index (χ3n) is 3.83. The van der Waals surface area contributed by atoms with Crippen LogP contribution in [-0.2, 0) is 23.8 Å². The predicted molar refractivity (Wildman–Crippen MR) is 59.7 cm³/mol. The van der Waals surface area contributed by atoms with Gasteiger partial charge in [-0.05, 0) is 24.7 Å². The molecule has 3 aliphatic rings. The Morgan fingerprint density at radius 1 is 1.12 bits per heavy atom. The second-order valence-electron chi connectivity index (χ2n) is 4.92. The molecule has 1 aliphatic heterocycles. The van der Waals surface area contributed by atoms with E-state index in [4.69, 9.17) is 13.7 Å². The summed E-state index contributed by atoms with van der Waals surface area (Å²) >= 11 is 0. The van der Waals surface area contributed by atoms with Gasteiger partial charge >= 0.3 is 0 Å². The van der Waals surface area contributed by atoms with E-state index < -0.39 is 16.2 Å². The van der Waals surface area contributed by atoms with Gasteiger partial charge in [0.15, 0.2) is 0 Å². The van der Waals surface area contributed by atoms with E-state index in [0.717, 1.165) is 19.1 Å². The third kappa shape index (κ3) is 2.03. The maximum absolute atomic E-state index is 11.3. The van der Waals surface area contributed by atoms with Crippen molar-refractivity contribution in [3.05, 3.63) is 12.2 Å². The molecule has 5 nitrogen and oxygen atoms in total. The van der Waals surface area contributed by atoms with E-state index in [-0.39, 0.29) is 24.9 Å². The Bertz CT molecular complexity index is 429. The largest absolute Gasteiger partial charge is 0.349 e. The number of hydrogen-bond acceptors (Lipinski definition) is 5. The van der Waals surface area contributed by atoms with Gasteiger partial charge in [-0.25, -0.2) is 0 Å². The molecule has 5 atom stereocenters. The Morgan fingerprint density at radius 3 is 2.47 bits per heavy atom. The predicted octanol–water partition coefficient (Wildman–Crippen LogP) is 0.669. The van der Waals surface area contributed by atoms with Gasteiger partial charge in [-0.1, -0.05) is 12.2 Å². The van der Waals surface area contributed by atoms with Crippen LogP contribution in [0.1, 0.15) is 12.8 Å². The zero-order valence-electron chi connectivity index (χ0n) is 9.61. The average Bonchev–Trinajstić information content (AvgIpc) is 2.81. The molecule has 3 rings (SSSR count). The van der Waals surface area contributed by atoms with Gasteiger partial charge in [-0.15, -0.1) is 0 Å². The van der Waals surface area contributed by atoms with E-state index in [2.05, 4.69) is 12.2 Å². The smallest absolute Gasteiger partial charge is 0.264 e. The first-order valence-corrected chi connectivity index (χ1v) is 7.64. The molecular formula is C11H16O5S. The first-order valence-electron chi connectivity index (χ1n) is 5.83. The summed E-state index contributed by atoms with van der Waals surface area (Å²) in [6, 6.07) is 0. The molecule has 0 amide bonds. The Kier molecular flexibility index (Phi) is 2.77. The molecular weight excluding hydrogens is 244 g/mol. The zero-order chi connectivity index (χ0) is 12.0. The Balaban J connectivity index is 1.88. The Hall–Kier alpha value is -0.430. The molecule has 0 spiro atoms. The lowest BCUT2D eigenvalue weighted by molar-refractivity contribution is -0.0277. The van der Waals surface area contributed by atoms with Crippen LogP contribution in [0.4, 0.5) is 0 Å². The van der Waals surface area contributed by atoms with Crippen LogP contribution < -0.4 is 0 Å². The van der Waals surface area contributed by atoms with Gasteiger partial charge in [0, 0.05) is 0 Å². The summed E-state index contributed by atoms with van der Waals surface area (Å²) in [5, 5.41) is 0. The second-order valence-corrected chi connectivity index (χ2v) is 6.52. The minimum atomic E-state index is -3.46. The molecule has 1 saturated heterocycles. The molecule has 0 aromatic heterocycles. The van der Waals surface area contributed by atoms with Gasteiger partial charge in [0.05, 0.1) is 12.4 Å². The highest BCUT2D eigenvalue weighted by atomic mass is 32.2. The van der Waals surface area contributed by atoms with E-state index >= 15 is 0 Å². The molecule has 6 heteroatoms. The minimum Gasteiger partial charge on any atom is -0.349 e. The number of fused-ring (bicyclic) bond motifs is 3. The molecule has 0 radical (unpaired) electrons. The summed E-state index contributed by atoms with van der Waals surface area (Å²) in [5.41, 5.74) is 0. The van der Waals surface area contributed by atoms with Crippen molar-refractivity contribution in [2.45, 2.75) is 31.2 Å².